The average Bonchev–Trinajstić information content (AvgIpc) is 2.45. The van der Waals surface area contributed by atoms with Crippen LogP contribution in [0, 0.1) is 0 Å². The van der Waals surface area contributed by atoms with Crippen molar-refractivity contribution in [2.75, 3.05) is 26.2 Å². The SMILES string of the molecule is CC(=O)N1CCC(NCCOc2ccccc2)CC1. The Morgan fingerprint density at radius 3 is 2.63 bits per heavy atom. The van der Waals surface area contributed by atoms with Gasteiger partial charge >= 0.3 is 0 Å². The molecule has 0 aliphatic carbocycles. The lowest BCUT2D eigenvalue weighted by Gasteiger charge is -2.31. The van der Waals surface area contributed by atoms with Crippen LogP contribution >= 0.6 is 0 Å². The van der Waals surface area contributed by atoms with E-state index < -0.39 is 0 Å². The molecule has 1 aliphatic rings. The van der Waals surface area contributed by atoms with Crippen LogP contribution in [0.5, 0.6) is 5.75 Å². The van der Waals surface area contributed by atoms with Crippen molar-refractivity contribution in [2.24, 2.45) is 0 Å². The van der Waals surface area contributed by atoms with Gasteiger partial charge in [0.05, 0.1) is 0 Å². The molecule has 1 amide bonds. The molecule has 1 heterocycles. The Morgan fingerprint density at radius 1 is 1.32 bits per heavy atom. The van der Waals surface area contributed by atoms with E-state index in [4.69, 9.17) is 4.74 Å². The first-order valence-electron chi connectivity index (χ1n) is 6.92. The number of nitrogens with zero attached hydrogens (tertiary/aromatic N) is 1. The Bertz CT molecular complexity index is 386. The van der Waals surface area contributed by atoms with Gasteiger partial charge in [0.1, 0.15) is 12.4 Å². The quantitative estimate of drug-likeness (QED) is 0.821. The van der Waals surface area contributed by atoms with E-state index in [1.165, 1.54) is 0 Å². The van der Waals surface area contributed by atoms with Gasteiger partial charge in [-0.2, -0.15) is 0 Å². The number of likely N-dealkylation sites (tertiary alicyclic amines) is 1. The molecular weight excluding hydrogens is 240 g/mol. The van der Waals surface area contributed by atoms with Crippen LogP contribution in [-0.4, -0.2) is 43.1 Å². The first-order chi connectivity index (χ1) is 9.25. The number of rotatable bonds is 5. The summed E-state index contributed by atoms with van der Waals surface area (Å²) in [5.41, 5.74) is 0. The van der Waals surface area contributed by atoms with Crippen molar-refractivity contribution < 1.29 is 9.53 Å². The molecule has 19 heavy (non-hydrogen) atoms. The van der Waals surface area contributed by atoms with Crippen molar-refractivity contribution in [1.82, 2.24) is 10.2 Å². The Kier molecular flexibility index (Phi) is 5.21. The number of para-hydroxylation sites is 1. The van der Waals surface area contributed by atoms with Crippen molar-refractivity contribution in [1.29, 1.82) is 0 Å². The molecule has 0 unspecified atom stereocenters. The summed E-state index contributed by atoms with van der Waals surface area (Å²) < 4.78 is 5.63. The van der Waals surface area contributed by atoms with E-state index in [0.717, 1.165) is 38.2 Å². The number of carbonyl (C=O) groups is 1. The fourth-order valence-electron chi connectivity index (χ4n) is 2.35. The van der Waals surface area contributed by atoms with Gasteiger partial charge in [0.15, 0.2) is 0 Å². The zero-order valence-electron chi connectivity index (χ0n) is 11.5. The zero-order valence-corrected chi connectivity index (χ0v) is 11.5. The molecule has 2 rings (SSSR count). The van der Waals surface area contributed by atoms with Gasteiger partial charge < -0.3 is 15.0 Å². The van der Waals surface area contributed by atoms with E-state index in [0.29, 0.717) is 12.6 Å². The van der Waals surface area contributed by atoms with E-state index >= 15 is 0 Å². The van der Waals surface area contributed by atoms with Gasteiger partial charge in [-0.3, -0.25) is 4.79 Å². The number of hydrogen-bond acceptors (Lipinski definition) is 3. The summed E-state index contributed by atoms with van der Waals surface area (Å²) in [4.78, 5) is 13.1. The minimum Gasteiger partial charge on any atom is -0.492 e. The van der Waals surface area contributed by atoms with Gasteiger partial charge in [-0.15, -0.1) is 0 Å². The maximum absolute atomic E-state index is 11.2. The van der Waals surface area contributed by atoms with Crippen molar-refractivity contribution in [3.8, 4) is 5.75 Å². The monoisotopic (exact) mass is 262 g/mol. The van der Waals surface area contributed by atoms with Crippen LogP contribution in [-0.2, 0) is 4.79 Å². The third-order valence-electron chi connectivity index (χ3n) is 3.49. The molecule has 0 aromatic heterocycles. The number of carbonyl (C=O) groups excluding carboxylic acids is 1. The molecule has 1 aromatic carbocycles. The van der Waals surface area contributed by atoms with Gasteiger partial charge in [-0.25, -0.2) is 0 Å². The normalized spacial score (nSPS) is 16.4. The summed E-state index contributed by atoms with van der Waals surface area (Å²) in [6.07, 6.45) is 2.07. The lowest BCUT2D eigenvalue weighted by Crippen LogP contribution is -2.45. The maximum atomic E-state index is 11.2. The lowest BCUT2D eigenvalue weighted by atomic mass is 10.1. The second-order valence-corrected chi connectivity index (χ2v) is 4.90. The molecule has 1 aliphatic heterocycles. The largest absolute Gasteiger partial charge is 0.492 e. The first-order valence-corrected chi connectivity index (χ1v) is 6.92. The minimum absolute atomic E-state index is 0.186. The highest BCUT2D eigenvalue weighted by molar-refractivity contribution is 5.73. The van der Waals surface area contributed by atoms with Gasteiger partial charge in [-0.1, -0.05) is 18.2 Å². The van der Waals surface area contributed by atoms with Gasteiger partial charge in [0.25, 0.3) is 0 Å². The van der Waals surface area contributed by atoms with Crippen LogP contribution in [0.15, 0.2) is 30.3 Å². The Balaban J connectivity index is 1.58. The third kappa shape index (κ3) is 4.56. The third-order valence-corrected chi connectivity index (χ3v) is 3.49. The second kappa shape index (κ2) is 7.14. The fourth-order valence-corrected chi connectivity index (χ4v) is 2.35. The van der Waals surface area contributed by atoms with E-state index in [2.05, 4.69) is 5.32 Å². The van der Waals surface area contributed by atoms with Crippen molar-refractivity contribution >= 4 is 5.91 Å². The van der Waals surface area contributed by atoms with Crippen LogP contribution in [0.2, 0.25) is 0 Å². The predicted octanol–water partition coefficient (Wildman–Crippen LogP) is 1.67. The molecule has 1 aromatic rings. The number of benzene rings is 1. The smallest absolute Gasteiger partial charge is 0.219 e. The van der Waals surface area contributed by atoms with E-state index in [9.17, 15) is 4.79 Å². The van der Waals surface area contributed by atoms with Crippen molar-refractivity contribution in [3.05, 3.63) is 30.3 Å². The number of ether oxygens (including phenoxy) is 1. The fraction of sp³-hybridized carbons (Fsp3) is 0.533. The molecule has 0 radical (unpaired) electrons. The van der Waals surface area contributed by atoms with Crippen LogP contribution in [0.1, 0.15) is 19.8 Å². The Labute approximate surface area is 114 Å². The molecule has 0 bridgehead atoms. The Hall–Kier alpha value is -1.55. The van der Waals surface area contributed by atoms with Gasteiger partial charge in [-0.05, 0) is 25.0 Å². The van der Waals surface area contributed by atoms with Crippen LogP contribution in [0.3, 0.4) is 0 Å². The van der Waals surface area contributed by atoms with Crippen molar-refractivity contribution in [2.45, 2.75) is 25.8 Å². The van der Waals surface area contributed by atoms with Crippen molar-refractivity contribution in [3.63, 3.8) is 0 Å². The molecule has 1 fully saturated rings. The highest BCUT2D eigenvalue weighted by Gasteiger charge is 2.19. The van der Waals surface area contributed by atoms with Crippen LogP contribution in [0.4, 0.5) is 0 Å². The molecule has 0 atom stereocenters. The molecule has 4 nitrogen and oxygen atoms in total. The molecule has 0 saturated carbocycles. The maximum Gasteiger partial charge on any atom is 0.219 e. The highest BCUT2D eigenvalue weighted by Crippen LogP contribution is 2.10. The van der Waals surface area contributed by atoms with E-state index in [-0.39, 0.29) is 5.91 Å². The minimum atomic E-state index is 0.186. The summed E-state index contributed by atoms with van der Waals surface area (Å²) >= 11 is 0. The summed E-state index contributed by atoms with van der Waals surface area (Å²) in [7, 11) is 0. The van der Waals surface area contributed by atoms with Gasteiger partial charge in [0, 0.05) is 32.6 Å². The number of piperidine rings is 1. The van der Waals surface area contributed by atoms with E-state index in [1.54, 1.807) is 6.92 Å². The summed E-state index contributed by atoms with van der Waals surface area (Å²) in [5, 5.41) is 3.49. The molecule has 104 valence electrons. The van der Waals surface area contributed by atoms with Crippen LogP contribution in [0.25, 0.3) is 0 Å². The zero-order chi connectivity index (χ0) is 13.5. The van der Waals surface area contributed by atoms with E-state index in [1.807, 2.05) is 35.2 Å². The Morgan fingerprint density at radius 2 is 2.00 bits per heavy atom. The molecule has 1 saturated heterocycles. The summed E-state index contributed by atoms with van der Waals surface area (Å²) in [6.45, 7) is 4.90. The number of nitrogens with one attached hydrogen (secondary N) is 1. The lowest BCUT2D eigenvalue weighted by molar-refractivity contribution is -0.129. The number of amides is 1. The standard InChI is InChI=1S/C15H22N2O2/c1-13(18)17-10-7-14(8-11-17)16-9-12-19-15-5-3-2-4-6-15/h2-6,14,16H,7-12H2,1H3. The van der Waals surface area contributed by atoms with Crippen LogP contribution < -0.4 is 10.1 Å². The summed E-state index contributed by atoms with van der Waals surface area (Å²) in [5.74, 6) is 1.10. The second-order valence-electron chi connectivity index (χ2n) is 4.90. The average molecular weight is 262 g/mol. The topological polar surface area (TPSA) is 41.6 Å². The number of hydrogen-bond donors (Lipinski definition) is 1. The molecular formula is C15H22N2O2. The van der Waals surface area contributed by atoms with Gasteiger partial charge in [0.2, 0.25) is 5.91 Å². The summed E-state index contributed by atoms with van der Waals surface area (Å²) in [6, 6.07) is 10.4. The molecule has 4 heteroatoms. The first kappa shape index (κ1) is 13.9. The molecule has 1 N–H and O–H groups in total. The highest BCUT2D eigenvalue weighted by atomic mass is 16.5. The molecule has 0 spiro atoms. The predicted molar refractivity (Wildman–Crippen MR) is 75.2 cm³/mol.